The number of rotatable bonds is 8. The Hall–Kier alpha value is -2.36. The van der Waals surface area contributed by atoms with E-state index in [9.17, 15) is 19.8 Å². The van der Waals surface area contributed by atoms with Crippen LogP contribution >= 0.6 is 0 Å². The molecule has 0 spiro atoms. The third kappa shape index (κ3) is 11.6. The molecule has 0 aliphatic carbocycles. The average Bonchev–Trinajstić information content (AvgIpc) is 2.75. The summed E-state index contributed by atoms with van der Waals surface area (Å²) in [5.74, 6) is -0.0621. The van der Waals surface area contributed by atoms with Gasteiger partial charge < -0.3 is 38.7 Å². The number of benzene rings is 2. The number of carbonyl (C=O) groups excluding carboxylic acids is 2. The normalized spacial score (nSPS) is 9.94. The van der Waals surface area contributed by atoms with Crippen molar-refractivity contribution >= 4 is 24.1 Å². The largest absolute Gasteiger partial charge is 2.00 e. The molecule has 0 N–H and O–H groups in total. The van der Waals surface area contributed by atoms with Crippen molar-refractivity contribution < 1.29 is 88.1 Å². The van der Waals surface area contributed by atoms with E-state index in [0.29, 0.717) is 34.1 Å². The molecule has 2 rings (SSSR count). The van der Waals surface area contributed by atoms with Crippen LogP contribution in [0.1, 0.15) is 11.1 Å². The zero-order valence-corrected chi connectivity index (χ0v) is 19.8. The van der Waals surface area contributed by atoms with Crippen molar-refractivity contribution in [1.29, 1.82) is 0 Å². The number of aliphatic carboxylic acids is 2. The van der Waals surface area contributed by atoms with Crippen LogP contribution in [0, 0.1) is 49.4 Å². The molecule has 0 aliphatic heterocycles. The number of carboxylic acids is 2. The first kappa shape index (κ1) is 28.6. The Kier molecular flexibility index (Phi) is 14.3. The standard InChI is InChI=1S/2C11H12O4.Eu/c2*1-14-9-5-8(3-4-11(12)13)6-10(7-9)15-2;/h2*3-7H,1-2H3,(H,12,13);/q;;+2/p-2/b2*4-3+;. The Morgan fingerprint density at radius 3 is 1.06 bits per heavy atom. The zero-order chi connectivity index (χ0) is 22.5. The second-order valence-electron chi connectivity index (χ2n) is 5.60. The maximum Gasteiger partial charge on any atom is 2.00 e. The monoisotopic (exact) mass is 567 g/mol. The molecule has 0 bridgehead atoms. The molecule has 0 saturated carbocycles. The van der Waals surface area contributed by atoms with Crippen molar-refractivity contribution in [3.63, 3.8) is 0 Å². The van der Waals surface area contributed by atoms with E-state index in [-0.39, 0.29) is 49.4 Å². The molecule has 31 heavy (non-hydrogen) atoms. The van der Waals surface area contributed by atoms with Gasteiger partial charge in [-0.1, -0.05) is 12.2 Å². The maximum absolute atomic E-state index is 10.2. The van der Waals surface area contributed by atoms with Gasteiger partial charge in [0.25, 0.3) is 0 Å². The average molecular weight is 566 g/mol. The second kappa shape index (κ2) is 15.4. The molecule has 0 heterocycles. The molecule has 9 heteroatoms. The summed E-state index contributed by atoms with van der Waals surface area (Å²) in [5.41, 5.74) is 1.35. The van der Waals surface area contributed by atoms with Gasteiger partial charge in [-0.2, -0.15) is 0 Å². The van der Waals surface area contributed by atoms with Crippen LogP contribution in [-0.2, 0) is 9.59 Å². The molecule has 0 saturated heterocycles. The molecule has 0 unspecified atom stereocenters. The van der Waals surface area contributed by atoms with Gasteiger partial charge in [0.15, 0.2) is 0 Å². The van der Waals surface area contributed by atoms with Crippen molar-refractivity contribution in [2.24, 2.45) is 0 Å². The van der Waals surface area contributed by atoms with E-state index >= 15 is 0 Å². The summed E-state index contributed by atoms with van der Waals surface area (Å²) < 4.78 is 20.1. The molecule has 0 fully saturated rings. The van der Waals surface area contributed by atoms with Crippen molar-refractivity contribution in [2.75, 3.05) is 28.4 Å². The summed E-state index contributed by atoms with van der Waals surface area (Å²) >= 11 is 0. The molecule has 2 aromatic carbocycles. The van der Waals surface area contributed by atoms with Gasteiger partial charge in [0.1, 0.15) is 23.0 Å². The van der Waals surface area contributed by atoms with Crippen molar-refractivity contribution in [3.05, 3.63) is 59.7 Å². The third-order valence-corrected chi connectivity index (χ3v) is 3.57. The summed E-state index contributed by atoms with van der Waals surface area (Å²) in [7, 11) is 6.12. The molecule has 1 radical (unpaired) electrons. The van der Waals surface area contributed by atoms with E-state index in [0.717, 1.165) is 12.2 Å². The van der Waals surface area contributed by atoms with Crippen molar-refractivity contribution in [2.45, 2.75) is 0 Å². The fraction of sp³-hybridized carbons (Fsp3) is 0.182. The number of methoxy groups -OCH3 is 4. The van der Waals surface area contributed by atoms with Gasteiger partial charge in [0.05, 0.1) is 40.4 Å². The summed E-state index contributed by atoms with van der Waals surface area (Å²) in [6, 6.07) is 10.2. The SMILES string of the molecule is COc1cc(/C=C/C(=O)[O-])cc(OC)c1.COc1cc(/C=C/C(=O)[O-])cc(OC)c1.[Eu+2]. The number of carbonyl (C=O) groups is 2. The Morgan fingerprint density at radius 1 is 0.613 bits per heavy atom. The molecular weight excluding hydrogens is 544 g/mol. The van der Waals surface area contributed by atoms with E-state index in [1.165, 1.54) is 40.6 Å². The predicted octanol–water partition coefficient (Wildman–Crippen LogP) is 0.934. The van der Waals surface area contributed by atoms with Gasteiger partial charge in [-0.05, 0) is 47.5 Å². The van der Waals surface area contributed by atoms with Crippen LogP contribution in [0.15, 0.2) is 48.6 Å². The van der Waals surface area contributed by atoms with Gasteiger partial charge in [-0.3, -0.25) is 0 Å². The minimum atomic E-state index is -1.24. The van der Waals surface area contributed by atoms with Crippen LogP contribution in [0.5, 0.6) is 23.0 Å². The fourth-order valence-corrected chi connectivity index (χ4v) is 2.18. The van der Waals surface area contributed by atoms with Crippen LogP contribution in [0.4, 0.5) is 0 Å². The quantitative estimate of drug-likeness (QED) is 0.434. The van der Waals surface area contributed by atoms with Gasteiger partial charge in [-0.25, -0.2) is 0 Å². The minimum absolute atomic E-state index is 0. The van der Waals surface area contributed by atoms with Crippen molar-refractivity contribution in [1.82, 2.24) is 0 Å². The van der Waals surface area contributed by atoms with Gasteiger partial charge in [-0.15, -0.1) is 0 Å². The first-order chi connectivity index (χ1) is 14.3. The summed E-state index contributed by atoms with van der Waals surface area (Å²) in [5, 5.41) is 20.4. The summed E-state index contributed by atoms with van der Waals surface area (Å²) in [6.07, 6.45) is 4.74. The molecule has 165 valence electrons. The smallest absolute Gasteiger partial charge is 0.545 e. The zero-order valence-electron chi connectivity index (χ0n) is 17.4. The summed E-state index contributed by atoms with van der Waals surface area (Å²) in [6.45, 7) is 0. The minimum Gasteiger partial charge on any atom is -0.545 e. The van der Waals surface area contributed by atoms with Crippen LogP contribution in [0.3, 0.4) is 0 Å². The number of hydrogen-bond acceptors (Lipinski definition) is 8. The van der Waals surface area contributed by atoms with Crippen LogP contribution in [0.2, 0.25) is 0 Å². The summed E-state index contributed by atoms with van der Waals surface area (Å²) in [4.78, 5) is 20.4. The van der Waals surface area contributed by atoms with Gasteiger partial charge >= 0.3 is 49.4 Å². The molecule has 0 amide bonds. The predicted molar refractivity (Wildman–Crippen MR) is 107 cm³/mol. The first-order valence-electron chi connectivity index (χ1n) is 8.55. The number of hydrogen-bond donors (Lipinski definition) is 0. The van der Waals surface area contributed by atoms with E-state index in [1.54, 1.807) is 36.4 Å². The van der Waals surface area contributed by atoms with Gasteiger partial charge in [0.2, 0.25) is 0 Å². The first-order valence-corrected chi connectivity index (χ1v) is 8.55. The van der Waals surface area contributed by atoms with Crippen molar-refractivity contribution in [3.8, 4) is 23.0 Å². The molecule has 2 aromatic rings. The molecule has 8 nitrogen and oxygen atoms in total. The maximum atomic E-state index is 10.2. The van der Waals surface area contributed by atoms with Crippen LogP contribution in [-0.4, -0.2) is 40.4 Å². The number of ether oxygens (including phenoxy) is 4. The van der Waals surface area contributed by atoms with Crippen LogP contribution in [0.25, 0.3) is 12.2 Å². The van der Waals surface area contributed by atoms with E-state index in [4.69, 9.17) is 18.9 Å². The van der Waals surface area contributed by atoms with E-state index < -0.39 is 11.9 Å². The molecule has 0 aromatic heterocycles. The fourth-order valence-electron chi connectivity index (χ4n) is 2.18. The molecular formula is C22H22EuO8. The Balaban J connectivity index is 0.000000562. The Morgan fingerprint density at radius 2 is 0.871 bits per heavy atom. The molecule has 0 aliphatic rings. The van der Waals surface area contributed by atoms with Crippen LogP contribution < -0.4 is 29.2 Å². The Labute approximate surface area is 221 Å². The Bertz CT molecular complexity index is 802. The van der Waals surface area contributed by atoms with E-state index in [2.05, 4.69) is 0 Å². The third-order valence-electron chi connectivity index (χ3n) is 3.57. The topological polar surface area (TPSA) is 117 Å². The number of carboxylic acid groups (broad SMARTS) is 2. The molecule has 0 atom stereocenters. The van der Waals surface area contributed by atoms with Gasteiger partial charge in [0, 0.05) is 12.1 Å². The second-order valence-corrected chi connectivity index (χ2v) is 5.60. The van der Waals surface area contributed by atoms with E-state index in [1.807, 2.05) is 0 Å².